The van der Waals surface area contributed by atoms with Gasteiger partial charge < -0.3 is 10.3 Å². The summed E-state index contributed by atoms with van der Waals surface area (Å²) in [6.07, 6.45) is -9.89. The van der Waals surface area contributed by atoms with Crippen LogP contribution < -0.4 is 5.73 Å². The van der Waals surface area contributed by atoms with Gasteiger partial charge in [0.15, 0.2) is 0 Å². The molecule has 3 aromatic carbocycles. The molecule has 0 aliphatic rings. The van der Waals surface area contributed by atoms with Crippen LogP contribution >= 0.6 is 0 Å². The first-order chi connectivity index (χ1) is 14.9. The number of benzene rings is 3. The fraction of sp³-hybridized carbons (Fsp3) is 0.174. The number of carbonyl (C=O) groups is 1. The molecule has 1 radical (unpaired) electrons. The van der Waals surface area contributed by atoms with Crippen molar-refractivity contribution in [1.29, 1.82) is 0 Å². The van der Waals surface area contributed by atoms with E-state index in [1.54, 1.807) is 35.8 Å². The van der Waals surface area contributed by atoms with Crippen LogP contribution in [-0.2, 0) is 18.9 Å². The topological polar surface area (TPSA) is 48.0 Å². The molecule has 0 fully saturated rings. The normalized spacial score (nSPS) is 12.6. The summed E-state index contributed by atoms with van der Waals surface area (Å²) in [7, 11) is 0. The highest BCUT2D eigenvalue weighted by molar-refractivity contribution is 6.17. The Morgan fingerprint density at radius 3 is 2.16 bits per heavy atom. The van der Waals surface area contributed by atoms with E-state index in [9.17, 15) is 31.1 Å². The zero-order chi connectivity index (χ0) is 23.4. The number of nitrogens with zero attached hydrogens (tertiary/aromatic N) is 1. The SMILES string of the molecule is Cc1c[c]c2c3c(C(N)=O)cccc3n(Cc3cc(C(F)(F)F)cc(C(F)(F)F)c3)c2c1. The molecule has 4 aromatic rings. The molecule has 0 atom stereocenters. The summed E-state index contributed by atoms with van der Waals surface area (Å²) in [6, 6.07) is 12.6. The lowest BCUT2D eigenvalue weighted by Crippen LogP contribution is -2.13. The van der Waals surface area contributed by atoms with Crippen molar-refractivity contribution in [1.82, 2.24) is 4.57 Å². The van der Waals surface area contributed by atoms with Crippen LogP contribution in [-0.4, -0.2) is 10.5 Å². The Morgan fingerprint density at radius 1 is 0.969 bits per heavy atom. The van der Waals surface area contributed by atoms with Crippen molar-refractivity contribution in [2.24, 2.45) is 5.73 Å². The average Bonchev–Trinajstić information content (AvgIpc) is 2.99. The smallest absolute Gasteiger partial charge is 0.366 e. The Kier molecular flexibility index (Phi) is 4.95. The van der Waals surface area contributed by atoms with Crippen molar-refractivity contribution in [3.8, 4) is 0 Å². The van der Waals surface area contributed by atoms with E-state index >= 15 is 0 Å². The Labute approximate surface area is 178 Å². The number of rotatable bonds is 3. The van der Waals surface area contributed by atoms with Crippen LogP contribution in [0, 0.1) is 13.0 Å². The fourth-order valence-electron chi connectivity index (χ4n) is 3.83. The molecule has 0 bridgehead atoms. The molecule has 0 saturated carbocycles. The van der Waals surface area contributed by atoms with Gasteiger partial charge in [0.05, 0.1) is 22.2 Å². The van der Waals surface area contributed by atoms with Gasteiger partial charge in [-0.1, -0.05) is 12.1 Å². The van der Waals surface area contributed by atoms with Crippen LogP contribution in [0.4, 0.5) is 26.3 Å². The molecule has 0 unspecified atom stereocenters. The summed E-state index contributed by atoms with van der Waals surface area (Å²) in [4.78, 5) is 12.0. The first-order valence-electron chi connectivity index (χ1n) is 9.37. The first-order valence-corrected chi connectivity index (χ1v) is 9.37. The highest BCUT2D eigenvalue weighted by Crippen LogP contribution is 2.38. The number of fused-ring (bicyclic) bond motifs is 3. The van der Waals surface area contributed by atoms with E-state index < -0.39 is 29.4 Å². The number of hydrogen-bond acceptors (Lipinski definition) is 1. The van der Waals surface area contributed by atoms with Gasteiger partial charge in [-0.15, -0.1) is 0 Å². The molecular weight excluding hydrogens is 434 g/mol. The number of aryl methyl sites for hydroxylation is 1. The van der Waals surface area contributed by atoms with Gasteiger partial charge in [-0.3, -0.25) is 4.79 Å². The highest BCUT2D eigenvalue weighted by Gasteiger charge is 2.37. The lowest BCUT2D eigenvalue weighted by molar-refractivity contribution is -0.143. The molecule has 165 valence electrons. The van der Waals surface area contributed by atoms with Gasteiger partial charge in [0, 0.05) is 22.9 Å². The molecule has 32 heavy (non-hydrogen) atoms. The number of alkyl halides is 6. The van der Waals surface area contributed by atoms with Crippen LogP contribution in [0.2, 0.25) is 0 Å². The summed E-state index contributed by atoms with van der Waals surface area (Å²) in [5.41, 5.74) is 4.46. The van der Waals surface area contributed by atoms with Crippen molar-refractivity contribution in [2.45, 2.75) is 25.8 Å². The molecule has 4 rings (SSSR count). The zero-order valence-electron chi connectivity index (χ0n) is 16.5. The maximum Gasteiger partial charge on any atom is 0.416 e. The van der Waals surface area contributed by atoms with E-state index in [4.69, 9.17) is 5.73 Å². The molecule has 0 aliphatic heterocycles. The number of amides is 1. The molecule has 3 nitrogen and oxygen atoms in total. The predicted molar refractivity (Wildman–Crippen MR) is 107 cm³/mol. The molecule has 1 heterocycles. The van der Waals surface area contributed by atoms with Crippen molar-refractivity contribution in [2.75, 3.05) is 0 Å². The Balaban J connectivity index is 2.00. The fourth-order valence-corrected chi connectivity index (χ4v) is 3.83. The largest absolute Gasteiger partial charge is 0.416 e. The molecule has 0 saturated heterocycles. The van der Waals surface area contributed by atoms with Gasteiger partial charge >= 0.3 is 12.4 Å². The van der Waals surface area contributed by atoms with E-state index in [0.29, 0.717) is 33.9 Å². The van der Waals surface area contributed by atoms with Crippen LogP contribution in [0.5, 0.6) is 0 Å². The van der Waals surface area contributed by atoms with Crippen LogP contribution in [0.1, 0.15) is 32.6 Å². The molecule has 1 aromatic heterocycles. The summed E-state index contributed by atoms with van der Waals surface area (Å²) < 4.78 is 81.3. The standard InChI is InChI=1S/C23H15F6N2O/c1-12-5-6-16-19(7-12)31(18-4-2-3-17(20(16)18)21(30)32)11-13-8-14(22(24,25)26)10-15(9-13)23(27,28)29/h2-5,7-10H,11H2,1H3,(H2,30,32). The Bertz CT molecular complexity index is 1330. The van der Waals surface area contributed by atoms with Gasteiger partial charge in [0.2, 0.25) is 5.91 Å². The Morgan fingerprint density at radius 2 is 1.59 bits per heavy atom. The quantitative estimate of drug-likeness (QED) is 0.378. The third-order valence-corrected chi connectivity index (χ3v) is 5.19. The number of carbonyl (C=O) groups excluding carboxylic acids is 1. The van der Waals surface area contributed by atoms with Crippen molar-refractivity contribution >= 4 is 27.7 Å². The van der Waals surface area contributed by atoms with Gasteiger partial charge in [0.1, 0.15) is 0 Å². The third kappa shape index (κ3) is 3.79. The van der Waals surface area contributed by atoms with Crippen LogP contribution in [0.25, 0.3) is 21.8 Å². The molecular formula is C23H15F6N2O. The lowest BCUT2D eigenvalue weighted by atomic mass is 10.0. The molecule has 1 amide bonds. The number of nitrogens with two attached hydrogens (primary N) is 1. The monoisotopic (exact) mass is 449 g/mol. The summed E-state index contributed by atoms with van der Waals surface area (Å²) in [6.45, 7) is 1.49. The van der Waals surface area contributed by atoms with E-state index in [1.807, 2.05) is 0 Å². The van der Waals surface area contributed by atoms with E-state index in [-0.39, 0.29) is 23.7 Å². The van der Waals surface area contributed by atoms with Gasteiger partial charge in [-0.2, -0.15) is 26.3 Å². The summed E-state index contributed by atoms with van der Waals surface area (Å²) in [5, 5.41) is 0.945. The van der Waals surface area contributed by atoms with Crippen molar-refractivity contribution < 1.29 is 31.1 Å². The van der Waals surface area contributed by atoms with Gasteiger partial charge in [-0.05, 0) is 60.5 Å². The maximum absolute atomic E-state index is 13.3. The number of halogens is 6. The van der Waals surface area contributed by atoms with Crippen molar-refractivity contribution in [3.05, 3.63) is 82.4 Å². The lowest BCUT2D eigenvalue weighted by Gasteiger charge is -2.15. The number of aromatic nitrogens is 1. The van der Waals surface area contributed by atoms with Crippen LogP contribution in [0.3, 0.4) is 0 Å². The number of primary amides is 1. The highest BCUT2D eigenvalue weighted by atomic mass is 19.4. The Hall–Kier alpha value is -3.49. The maximum atomic E-state index is 13.3. The number of hydrogen-bond donors (Lipinski definition) is 1. The second kappa shape index (κ2) is 7.29. The van der Waals surface area contributed by atoms with Crippen LogP contribution in [0.15, 0.2) is 48.5 Å². The van der Waals surface area contributed by atoms with Gasteiger partial charge in [-0.25, -0.2) is 0 Å². The van der Waals surface area contributed by atoms with Gasteiger partial charge in [0.25, 0.3) is 0 Å². The zero-order valence-corrected chi connectivity index (χ0v) is 16.5. The van der Waals surface area contributed by atoms with E-state index in [0.717, 1.165) is 5.56 Å². The minimum absolute atomic E-state index is 0.0957. The predicted octanol–water partition coefficient (Wildman–Crippen LogP) is 6.09. The second-order valence-electron chi connectivity index (χ2n) is 7.50. The average molecular weight is 449 g/mol. The first kappa shape index (κ1) is 21.7. The third-order valence-electron chi connectivity index (χ3n) is 5.19. The molecule has 0 aliphatic carbocycles. The second-order valence-corrected chi connectivity index (χ2v) is 7.50. The minimum Gasteiger partial charge on any atom is -0.366 e. The molecule has 9 heteroatoms. The van der Waals surface area contributed by atoms with E-state index in [1.165, 1.54) is 6.07 Å². The van der Waals surface area contributed by atoms with E-state index in [2.05, 4.69) is 6.07 Å². The summed E-state index contributed by atoms with van der Waals surface area (Å²) in [5.74, 6) is -0.706. The molecule has 2 N–H and O–H groups in total. The van der Waals surface area contributed by atoms with Crippen molar-refractivity contribution in [3.63, 3.8) is 0 Å². The minimum atomic E-state index is -4.94. The molecule has 0 spiro atoms. The summed E-state index contributed by atoms with van der Waals surface area (Å²) >= 11 is 0.